The summed E-state index contributed by atoms with van der Waals surface area (Å²) < 4.78 is 11.8. The van der Waals surface area contributed by atoms with E-state index in [4.69, 9.17) is 14.1 Å². The maximum absolute atomic E-state index is 9.92. The van der Waals surface area contributed by atoms with Crippen LogP contribution in [-0.4, -0.2) is 67.6 Å². The maximum atomic E-state index is 9.92. The molecular weight excluding hydrogens is 526 g/mol. The van der Waals surface area contributed by atoms with Gasteiger partial charge in [0.2, 0.25) is 5.89 Å². The van der Waals surface area contributed by atoms with Gasteiger partial charge < -0.3 is 24.9 Å². The first-order valence-electron chi connectivity index (χ1n) is 13.9. The van der Waals surface area contributed by atoms with E-state index >= 15 is 0 Å². The molecule has 3 aromatic heterocycles. The summed E-state index contributed by atoms with van der Waals surface area (Å²) in [6.45, 7) is 6.84. The first-order valence-corrected chi connectivity index (χ1v) is 14.7. The minimum atomic E-state index is -0.193. The Morgan fingerprint density at radius 3 is 2.48 bits per heavy atom. The first kappa shape index (κ1) is 26.8. The summed E-state index contributed by atoms with van der Waals surface area (Å²) in [7, 11) is 0. The summed E-state index contributed by atoms with van der Waals surface area (Å²) in [5.74, 6) is 2.47. The Bertz CT molecular complexity index is 1390. The molecule has 3 N–H and O–H groups in total. The van der Waals surface area contributed by atoms with E-state index in [1.807, 2.05) is 30.3 Å². The van der Waals surface area contributed by atoms with Crippen molar-refractivity contribution in [3.8, 4) is 22.2 Å². The normalized spacial score (nSPS) is 23.7. The molecule has 0 bridgehead atoms. The van der Waals surface area contributed by atoms with Gasteiger partial charge in [-0.25, -0.2) is 9.97 Å². The second-order valence-electron chi connectivity index (χ2n) is 10.8. The molecular formula is C29H35N7O3S. The van der Waals surface area contributed by atoms with Gasteiger partial charge >= 0.3 is 0 Å². The summed E-state index contributed by atoms with van der Waals surface area (Å²) in [6.07, 6.45) is 5.44. The monoisotopic (exact) mass is 561 g/mol. The lowest BCUT2D eigenvalue weighted by Crippen LogP contribution is -2.44. The van der Waals surface area contributed by atoms with Crippen molar-refractivity contribution < 1.29 is 14.3 Å². The molecule has 0 radical (unpaired) electrons. The lowest BCUT2D eigenvalue weighted by molar-refractivity contribution is -0.0704. The van der Waals surface area contributed by atoms with Crippen LogP contribution in [0.1, 0.15) is 45.1 Å². The third kappa shape index (κ3) is 6.67. The number of thiazole rings is 1. The summed E-state index contributed by atoms with van der Waals surface area (Å²) >= 11 is 1.44. The number of rotatable bonds is 8. The fraction of sp³-hybridized carbons (Fsp3) is 0.448. The molecule has 2 aliphatic rings. The van der Waals surface area contributed by atoms with E-state index in [2.05, 4.69) is 56.7 Å². The lowest BCUT2D eigenvalue weighted by Gasteiger charge is -2.35. The van der Waals surface area contributed by atoms with Crippen LogP contribution in [0, 0.1) is 0 Å². The molecule has 1 saturated carbocycles. The Hall–Kier alpha value is -3.38. The van der Waals surface area contributed by atoms with E-state index in [9.17, 15) is 5.11 Å². The predicted octanol–water partition coefficient (Wildman–Crippen LogP) is 5.32. The highest BCUT2D eigenvalue weighted by Gasteiger charge is 2.24. The molecule has 1 aliphatic heterocycles. The van der Waals surface area contributed by atoms with Gasteiger partial charge in [-0.2, -0.15) is 0 Å². The third-order valence-corrected chi connectivity index (χ3v) is 8.13. The van der Waals surface area contributed by atoms with E-state index in [1.54, 1.807) is 6.20 Å². The number of aliphatic hydroxyl groups excluding tert-OH is 1. The molecule has 210 valence electrons. The SMILES string of the molecule is C[C@@H]1CN(Cc2cc(Nc3ncc(-c4nnc(-c5ccccc5)o4)s3)nc(NC3CCC(O)CC3)c2)C[C@H](C)O1. The fourth-order valence-electron chi connectivity index (χ4n) is 5.48. The minimum Gasteiger partial charge on any atom is -0.415 e. The standard InChI is InChI=1S/C29H35N7O3S/c1-18-15-36(16-19(2)38-18)17-20-12-25(31-22-8-10-23(37)11-9-22)32-26(13-20)33-29-30-14-24(40-29)28-35-34-27(39-28)21-6-4-3-5-7-21/h3-7,12-14,18-19,22-23,37H,8-11,15-17H2,1-2H3,(H2,30,31,32,33)/t18-,19+,22?,23?. The van der Waals surface area contributed by atoms with Crippen LogP contribution < -0.4 is 10.6 Å². The highest BCUT2D eigenvalue weighted by molar-refractivity contribution is 7.18. The summed E-state index contributed by atoms with van der Waals surface area (Å²) in [5.41, 5.74) is 2.04. The number of nitrogens with one attached hydrogen (secondary N) is 2. The molecule has 40 heavy (non-hydrogen) atoms. The van der Waals surface area contributed by atoms with E-state index in [1.165, 1.54) is 16.9 Å². The van der Waals surface area contributed by atoms with E-state index in [0.717, 1.165) is 67.4 Å². The van der Waals surface area contributed by atoms with E-state index in [-0.39, 0.29) is 18.3 Å². The number of pyridine rings is 1. The molecule has 2 atom stereocenters. The zero-order valence-electron chi connectivity index (χ0n) is 22.8. The van der Waals surface area contributed by atoms with E-state index < -0.39 is 0 Å². The van der Waals surface area contributed by atoms with E-state index in [0.29, 0.717) is 23.0 Å². The average molecular weight is 562 g/mol. The van der Waals surface area contributed by atoms with Crippen LogP contribution in [0.3, 0.4) is 0 Å². The van der Waals surface area contributed by atoms with Crippen LogP contribution in [0.15, 0.2) is 53.1 Å². The highest BCUT2D eigenvalue weighted by atomic mass is 32.1. The molecule has 0 spiro atoms. The molecule has 4 aromatic rings. The summed E-state index contributed by atoms with van der Waals surface area (Å²) in [6, 6.07) is 14.2. The van der Waals surface area contributed by atoms with Gasteiger partial charge in [0.25, 0.3) is 5.89 Å². The molecule has 1 aromatic carbocycles. The Balaban J connectivity index is 1.20. The summed E-state index contributed by atoms with van der Waals surface area (Å²) in [5, 5.41) is 26.1. The molecule has 10 nitrogen and oxygen atoms in total. The second-order valence-corrected chi connectivity index (χ2v) is 11.8. The van der Waals surface area contributed by atoms with Gasteiger partial charge in [0.05, 0.1) is 24.5 Å². The maximum Gasteiger partial charge on any atom is 0.259 e. The van der Waals surface area contributed by atoms with Crippen LogP contribution in [0.5, 0.6) is 0 Å². The quantitative estimate of drug-likeness (QED) is 0.260. The van der Waals surface area contributed by atoms with Crippen LogP contribution >= 0.6 is 11.3 Å². The van der Waals surface area contributed by atoms with Gasteiger partial charge in [-0.3, -0.25) is 4.90 Å². The van der Waals surface area contributed by atoms with Crippen molar-refractivity contribution in [1.82, 2.24) is 25.1 Å². The number of aliphatic hydroxyl groups is 1. The minimum absolute atomic E-state index is 0.193. The predicted molar refractivity (Wildman–Crippen MR) is 156 cm³/mol. The van der Waals surface area contributed by atoms with Gasteiger partial charge in [-0.1, -0.05) is 29.5 Å². The Morgan fingerprint density at radius 2 is 1.70 bits per heavy atom. The molecule has 4 heterocycles. The average Bonchev–Trinajstić information content (AvgIpc) is 3.60. The molecule has 2 fully saturated rings. The number of morpholine rings is 1. The number of benzene rings is 1. The molecule has 11 heteroatoms. The Kier molecular flexibility index (Phi) is 8.05. The van der Waals surface area contributed by atoms with Crippen molar-refractivity contribution in [3.63, 3.8) is 0 Å². The zero-order valence-corrected chi connectivity index (χ0v) is 23.6. The Labute approximate surface area is 237 Å². The van der Waals surface area contributed by atoms with Crippen molar-refractivity contribution in [2.75, 3.05) is 23.7 Å². The van der Waals surface area contributed by atoms with Crippen molar-refractivity contribution in [2.45, 2.75) is 70.4 Å². The summed E-state index contributed by atoms with van der Waals surface area (Å²) in [4.78, 5) is 12.6. The van der Waals surface area contributed by atoms with Gasteiger partial charge in [-0.15, -0.1) is 10.2 Å². The van der Waals surface area contributed by atoms with Crippen molar-refractivity contribution in [1.29, 1.82) is 0 Å². The van der Waals surface area contributed by atoms with Crippen LogP contribution in [0.2, 0.25) is 0 Å². The van der Waals surface area contributed by atoms with Crippen LogP contribution in [0.4, 0.5) is 16.8 Å². The number of aromatic nitrogens is 4. The van der Waals surface area contributed by atoms with Crippen LogP contribution in [-0.2, 0) is 11.3 Å². The number of anilines is 3. The van der Waals surface area contributed by atoms with Crippen LogP contribution in [0.25, 0.3) is 22.2 Å². The van der Waals surface area contributed by atoms with Gasteiger partial charge in [0.1, 0.15) is 16.5 Å². The van der Waals surface area contributed by atoms with Crippen molar-refractivity contribution in [3.05, 3.63) is 54.2 Å². The molecule has 0 unspecified atom stereocenters. The Morgan fingerprint density at radius 1 is 0.975 bits per heavy atom. The van der Waals surface area contributed by atoms with Gasteiger partial charge in [-0.05, 0) is 69.4 Å². The number of nitrogens with zero attached hydrogens (tertiary/aromatic N) is 5. The lowest BCUT2D eigenvalue weighted by atomic mass is 9.93. The molecule has 0 amide bonds. The van der Waals surface area contributed by atoms with Gasteiger partial charge in [0.15, 0.2) is 5.13 Å². The zero-order chi connectivity index (χ0) is 27.5. The van der Waals surface area contributed by atoms with Crippen molar-refractivity contribution in [2.24, 2.45) is 0 Å². The largest absolute Gasteiger partial charge is 0.415 e. The molecule has 1 saturated heterocycles. The smallest absolute Gasteiger partial charge is 0.259 e. The molecule has 1 aliphatic carbocycles. The third-order valence-electron chi connectivity index (χ3n) is 7.23. The number of hydrogen-bond donors (Lipinski definition) is 3. The fourth-order valence-corrected chi connectivity index (χ4v) is 6.22. The van der Waals surface area contributed by atoms with Crippen molar-refractivity contribution >= 4 is 28.1 Å². The second kappa shape index (κ2) is 12.0. The van der Waals surface area contributed by atoms with Gasteiger partial charge in [0, 0.05) is 31.2 Å². The number of ether oxygens (including phenoxy) is 1. The number of hydrogen-bond acceptors (Lipinski definition) is 11. The highest BCUT2D eigenvalue weighted by Crippen LogP contribution is 2.32. The topological polar surface area (TPSA) is 121 Å². The molecule has 6 rings (SSSR count). The first-order chi connectivity index (χ1) is 19.5.